The Balaban J connectivity index is 1.63. The van der Waals surface area contributed by atoms with E-state index in [1.807, 2.05) is 24.5 Å². The van der Waals surface area contributed by atoms with Crippen molar-refractivity contribution < 1.29 is 4.74 Å². The second kappa shape index (κ2) is 8.10. The van der Waals surface area contributed by atoms with Gasteiger partial charge in [0.1, 0.15) is 17.3 Å². The highest BCUT2D eigenvalue weighted by molar-refractivity contribution is 5.34. The summed E-state index contributed by atoms with van der Waals surface area (Å²) in [5.41, 5.74) is 2.32. The van der Waals surface area contributed by atoms with Gasteiger partial charge < -0.3 is 4.74 Å². The average molecular weight is 377 g/mol. The monoisotopic (exact) mass is 377 g/mol. The third-order valence-corrected chi connectivity index (χ3v) is 5.34. The van der Waals surface area contributed by atoms with Crippen molar-refractivity contribution in [1.29, 1.82) is 0 Å². The maximum absolute atomic E-state index is 5.28. The summed E-state index contributed by atoms with van der Waals surface area (Å²) in [6, 6.07) is 8.58. The number of rotatable bonds is 6. The molecule has 1 fully saturated rings. The molecule has 0 aliphatic carbocycles. The second-order valence-electron chi connectivity index (χ2n) is 7.55. The van der Waals surface area contributed by atoms with E-state index in [1.54, 1.807) is 19.5 Å². The first-order valence-electron chi connectivity index (χ1n) is 9.89. The van der Waals surface area contributed by atoms with E-state index < -0.39 is 0 Å². The predicted octanol–water partition coefficient (Wildman–Crippen LogP) is 4.13. The maximum Gasteiger partial charge on any atom is 0.161 e. The molecule has 0 bridgehead atoms. The lowest BCUT2D eigenvalue weighted by molar-refractivity contribution is 0.243. The van der Waals surface area contributed by atoms with Gasteiger partial charge in [-0.3, -0.25) is 14.5 Å². The van der Waals surface area contributed by atoms with Crippen LogP contribution in [0.2, 0.25) is 0 Å². The van der Waals surface area contributed by atoms with Crippen LogP contribution in [-0.2, 0) is 6.54 Å². The quantitative estimate of drug-likeness (QED) is 0.646. The van der Waals surface area contributed by atoms with Gasteiger partial charge in [-0.15, -0.1) is 0 Å². The van der Waals surface area contributed by atoms with Gasteiger partial charge in [-0.25, -0.2) is 9.97 Å². The first kappa shape index (κ1) is 18.6. The summed E-state index contributed by atoms with van der Waals surface area (Å²) in [5.74, 6) is 3.12. The van der Waals surface area contributed by atoms with Gasteiger partial charge in [0, 0.05) is 37.3 Å². The SMILES string of the molecule is COc1ccc(CN2CCCC2c2nccnc2-n2ccnc2C(C)C)cc1. The van der Waals surface area contributed by atoms with Gasteiger partial charge in [-0.05, 0) is 37.1 Å². The minimum absolute atomic E-state index is 0.258. The third kappa shape index (κ3) is 3.64. The van der Waals surface area contributed by atoms with Crippen LogP contribution >= 0.6 is 0 Å². The summed E-state index contributed by atoms with van der Waals surface area (Å²) in [4.78, 5) is 16.5. The predicted molar refractivity (Wildman–Crippen MR) is 109 cm³/mol. The smallest absolute Gasteiger partial charge is 0.161 e. The van der Waals surface area contributed by atoms with Crippen LogP contribution in [0, 0.1) is 0 Å². The van der Waals surface area contributed by atoms with Crippen LogP contribution in [0.4, 0.5) is 0 Å². The zero-order valence-electron chi connectivity index (χ0n) is 16.7. The molecule has 0 saturated carbocycles. The molecule has 1 saturated heterocycles. The summed E-state index contributed by atoms with van der Waals surface area (Å²) < 4.78 is 7.37. The van der Waals surface area contributed by atoms with E-state index in [0.29, 0.717) is 5.92 Å². The van der Waals surface area contributed by atoms with Crippen molar-refractivity contribution in [2.45, 2.75) is 45.2 Å². The van der Waals surface area contributed by atoms with Crippen molar-refractivity contribution in [3.8, 4) is 11.6 Å². The average Bonchev–Trinajstić information content (AvgIpc) is 3.38. The summed E-state index contributed by atoms with van der Waals surface area (Å²) in [6.45, 7) is 6.26. The van der Waals surface area contributed by atoms with Crippen LogP contribution in [-0.4, -0.2) is 38.1 Å². The minimum Gasteiger partial charge on any atom is -0.497 e. The Morgan fingerprint density at radius 2 is 1.86 bits per heavy atom. The number of imidazole rings is 1. The Morgan fingerprint density at radius 1 is 1.07 bits per heavy atom. The van der Waals surface area contributed by atoms with Gasteiger partial charge in [0.2, 0.25) is 0 Å². The molecule has 146 valence electrons. The molecule has 2 aromatic heterocycles. The molecule has 1 unspecified atom stereocenters. The molecule has 3 heterocycles. The van der Waals surface area contributed by atoms with Crippen molar-refractivity contribution in [1.82, 2.24) is 24.4 Å². The Hall–Kier alpha value is -2.73. The molecule has 1 aromatic carbocycles. The minimum atomic E-state index is 0.258. The lowest BCUT2D eigenvalue weighted by Crippen LogP contribution is -2.25. The fourth-order valence-corrected chi connectivity index (χ4v) is 3.97. The molecule has 6 nitrogen and oxygen atoms in total. The largest absolute Gasteiger partial charge is 0.497 e. The lowest BCUT2D eigenvalue weighted by Gasteiger charge is -2.26. The van der Waals surface area contributed by atoms with E-state index in [0.717, 1.165) is 49.0 Å². The lowest BCUT2D eigenvalue weighted by atomic mass is 10.1. The van der Waals surface area contributed by atoms with Gasteiger partial charge in [0.05, 0.1) is 13.2 Å². The van der Waals surface area contributed by atoms with Gasteiger partial charge in [0.15, 0.2) is 5.82 Å². The zero-order chi connectivity index (χ0) is 19.5. The van der Waals surface area contributed by atoms with E-state index in [1.165, 1.54) is 5.56 Å². The number of benzene rings is 1. The number of hydrogen-bond donors (Lipinski definition) is 0. The molecule has 0 amide bonds. The topological polar surface area (TPSA) is 56.1 Å². The Bertz CT molecular complexity index is 919. The highest BCUT2D eigenvalue weighted by Gasteiger charge is 2.30. The van der Waals surface area contributed by atoms with Crippen molar-refractivity contribution in [2.24, 2.45) is 0 Å². The molecule has 0 radical (unpaired) electrons. The standard InChI is InChI=1S/C22H27N5O/c1-16(2)21-25-12-14-27(21)22-20(23-10-11-24-22)19-5-4-13-26(19)15-17-6-8-18(28-3)9-7-17/h6-12,14,16,19H,4-5,13,15H2,1-3H3. The van der Waals surface area contributed by atoms with Crippen molar-refractivity contribution in [3.05, 3.63) is 66.1 Å². The van der Waals surface area contributed by atoms with Crippen molar-refractivity contribution in [3.63, 3.8) is 0 Å². The Morgan fingerprint density at radius 3 is 2.61 bits per heavy atom. The van der Waals surface area contributed by atoms with Crippen molar-refractivity contribution >= 4 is 0 Å². The van der Waals surface area contributed by atoms with Crippen LogP contribution in [0.1, 0.15) is 55.7 Å². The highest BCUT2D eigenvalue weighted by atomic mass is 16.5. The molecule has 1 atom stereocenters. The molecular formula is C22H27N5O. The normalized spacial score (nSPS) is 17.4. The number of methoxy groups -OCH3 is 1. The fourth-order valence-electron chi connectivity index (χ4n) is 3.97. The fraction of sp³-hybridized carbons (Fsp3) is 0.409. The second-order valence-corrected chi connectivity index (χ2v) is 7.55. The molecule has 28 heavy (non-hydrogen) atoms. The van der Waals surface area contributed by atoms with Gasteiger partial charge in [0.25, 0.3) is 0 Å². The van der Waals surface area contributed by atoms with Crippen molar-refractivity contribution in [2.75, 3.05) is 13.7 Å². The Labute approximate surface area is 166 Å². The van der Waals surface area contributed by atoms with Crippen LogP contribution in [0.3, 0.4) is 0 Å². The number of hydrogen-bond acceptors (Lipinski definition) is 5. The molecule has 6 heteroatoms. The van der Waals surface area contributed by atoms with Gasteiger partial charge >= 0.3 is 0 Å². The molecule has 0 N–H and O–H groups in total. The summed E-state index contributed by atoms with van der Waals surface area (Å²) in [5, 5.41) is 0. The molecule has 4 rings (SSSR count). The van der Waals surface area contributed by atoms with E-state index in [4.69, 9.17) is 14.7 Å². The Kier molecular flexibility index (Phi) is 5.39. The summed E-state index contributed by atoms with van der Waals surface area (Å²) in [6.07, 6.45) is 9.66. The number of nitrogens with zero attached hydrogens (tertiary/aromatic N) is 5. The number of aromatic nitrogens is 4. The van der Waals surface area contributed by atoms with E-state index in [9.17, 15) is 0 Å². The summed E-state index contributed by atoms with van der Waals surface area (Å²) >= 11 is 0. The van der Waals surface area contributed by atoms with E-state index >= 15 is 0 Å². The molecule has 1 aliphatic heterocycles. The first-order chi connectivity index (χ1) is 13.7. The number of likely N-dealkylation sites (tertiary alicyclic amines) is 1. The van der Waals surface area contributed by atoms with Crippen LogP contribution in [0.25, 0.3) is 5.82 Å². The molecule has 0 spiro atoms. The first-order valence-corrected chi connectivity index (χ1v) is 9.89. The van der Waals surface area contributed by atoms with E-state index in [-0.39, 0.29) is 6.04 Å². The summed E-state index contributed by atoms with van der Waals surface area (Å²) in [7, 11) is 1.70. The van der Waals surface area contributed by atoms with Crippen LogP contribution in [0.15, 0.2) is 49.1 Å². The number of ether oxygens (including phenoxy) is 1. The van der Waals surface area contributed by atoms with E-state index in [2.05, 4.69) is 40.4 Å². The zero-order valence-corrected chi connectivity index (χ0v) is 16.7. The highest BCUT2D eigenvalue weighted by Crippen LogP contribution is 2.35. The molecule has 3 aromatic rings. The molecular weight excluding hydrogens is 350 g/mol. The van der Waals surface area contributed by atoms with Crippen LogP contribution in [0.5, 0.6) is 5.75 Å². The van der Waals surface area contributed by atoms with Gasteiger partial charge in [-0.1, -0.05) is 26.0 Å². The molecule has 1 aliphatic rings. The van der Waals surface area contributed by atoms with Gasteiger partial charge in [-0.2, -0.15) is 0 Å². The third-order valence-electron chi connectivity index (χ3n) is 5.34. The van der Waals surface area contributed by atoms with Crippen LogP contribution < -0.4 is 4.74 Å². The maximum atomic E-state index is 5.28.